The molecule has 1 amide bonds. The van der Waals surface area contributed by atoms with E-state index in [9.17, 15) is 4.79 Å². The van der Waals surface area contributed by atoms with E-state index in [0.29, 0.717) is 12.0 Å². The molecule has 1 aliphatic carbocycles. The highest BCUT2D eigenvalue weighted by Crippen LogP contribution is 2.36. The van der Waals surface area contributed by atoms with Crippen molar-refractivity contribution in [2.75, 3.05) is 19.7 Å². The van der Waals surface area contributed by atoms with E-state index in [1.165, 1.54) is 11.3 Å². The predicted molar refractivity (Wildman–Crippen MR) is 96.1 cm³/mol. The van der Waals surface area contributed by atoms with Crippen molar-refractivity contribution < 1.29 is 9.53 Å². The number of piperidine rings is 1. The van der Waals surface area contributed by atoms with E-state index in [1.807, 2.05) is 12.3 Å². The highest BCUT2D eigenvalue weighted by Gasteiger charge is 2.41. The fourth-order valence-corrected chi connectivity index (χ4v) is 4.18. The minimum absolute atomic E-state index is 0.0323. The minimum Gasteiger partial charge on any atom is -0.375 e. The van der Waals surface area contributed by atoms with Gasteiger partial charge in [0.2, 0.25) is 5.91 Å². The van der Waals surface area contributed by atoms with Gasteiger partial charge in [0.25, 0.3) is 0 Å². The third-order valence-corrected chi connectivity index (χ3v) is 6.05. The molecular weight excluding hydrogens is 314 g/mol. The van der Waals surface area contributed by atoms with Gasteiger partial charge in [-0.05, 0) is 57.1 Å². The number of aryl methyl sites for hydroxylation is 1. The molecule has 0 unspecified atom stereocenters. The first-order valence-corrected chi connectivity index (χ1v) is 9.71. The van der Waals surface area contributed by atoms with Crippen molar-refractivity contribution in [1.82, 2.24) is 15.2 Å². The zero-order valence-electron chi connectivity index (χ0n) is 15.2. The number of carbonyl (C=O) groups excluding carboxylic acids is 1. The number of hydrogen-bond acceptors (Lipinski definition) is 4. The maximum Gasteiger partial charge on any atom is 0.223 e. The number of pyridine rings is 1. The van der Waals surface area contributed by atoms with E-state index in [4.69, 9.17) is 4.74 Å². The number of nitrogens with zero attached hydrogens (tertiary/aromatic N) is 2. The molecule has 1 atom stereocenters. The van der Waals surface area contributed by atoms with Gasteiger partial charge in [0, 0.05) is 44.4 Å². The summed E-state index contributed by atoms with van der Waals surface area (Å²) in [6, 6.07) is 4.42. The number of ether oxygens (including phenoxy) is 1. The molecule has 5 heteroatoms. The highest BCUT2D eigenvalue weighted by molar-refractivity contribution is 5.81. The van der Waals surface area contributed by atoms with E-state index in [0.717, 1.165) is 64.8 Å². The largest absolute Gasteiger partial charge is 0.375 e. The minimum atomic E-state index is -0.0323. The molecule has 1 saturated carbocycles. The molecule has 1 N–H and O–H groups in total. The van der Waals surface area contributed by atoms with E-state index >= 15 is 0 Å². The fraction of sp³-hybridized carbons (Fsp3) is 0.700. The number of likely N-dealkylation sites (tertiary alicyclic amines) is 1. The van der Waals surface area contributed by atoms with Crippen LogP contribution in [0.4, 0.5) is 0 Å². The van der Waals surface area contributed by atoms with Gasteiger partial charge in [0.15, 0.2) is 0 Å². The number of carbonyl (C=O) groups is 1. The Kier molecular flexibility index (Phi) is 4.78. The molecule has 0 radical (unpaired) electrons. The lowest BCUT2D eigenvalue weighted by Crippen LogP contribution is -2.53. The van der Waals surface area contributed by atoms with Crippen molar-refractivity contribution in [2.45, 2.75) is 63.6 Å². The number of nitrogens with one attached hydrogen (secondary N) is 1. The highest BCUT2D eigenvalue weighted by atomic mass is 16.5. The molecule has 2 saturated heterocycles. The quantitative estimate of drug-likeness (QED) is 0.912. The Morgan fingerprint density at radius 1 is 1.36 bits per heavy atom. The van der Waals surface area contributed by atoms with E-state index < -0.39 is 0 Å². The van der Waals surface area contributed by atoms with Crippen LogP contribution in [0.15, 0.2) is 18.3 Å². The molecule has 0 bridgehead atoms. The van der Waals surface area contributed by atoms with Gasteiger partial charge in [0.1, 0.15) is 0 Å². The lowest BCUT2D eigenvalue weighted by molar-refractivity contribution is -0.132. The van der Waals surface area contributed by atoms with Crippen molar-refractivity contribution in [1.29, 1.82) is 0 Å². The van der Waals surface area contributed by atoms with Crippen LogP contribution >= 0.6 is 0 Å². The number of aromatic nitrogens is 1. The van der Waals surface area contributed by atoms with E-state index in [1.54, 1.807) is 0 Å². The molecule has 0 aromatic carbocycles. The monoisotopic (exact) mass is 343 g/mol. The van der Waals surface area contributed by atoms with Crippen molar-refractivity contribution in [3.63, 3.8) is 0 Å². The van der Waals surface area contributed by atoms with Crippen LogP contribution in [-0.2, 0) is 16.1 Å². The van der Waals surface area contributed by atoms with Crippen LogP contribution in [0.3, 0.4) is 0 Å². The Hall–Kier alpha value is -1.46. The first-order valence-electron chi connectivity index (χ1n) is 9.71. The first-order chi connectivity index (χ1) is 12.1. The third-order valence-electron chi connectivity index (χ3n) is 6.05. The average molecular weight is 343 g/mol. The van der Waals surface area contributed by atoms with Crippen molar-refractivity contribution >= 4 is 5.91 Å². The second-order valence-corrected chi connectivity index (χ2v) is 8.05. The normalized spacial score (nSPS) is 26.5. The summed E-state index contributed by atoms with van der Waals surface area (Å²) in [5.41, 5.74) is 2.41. The molecule has 1 spiro atoms. The van der Waals surface area contributed by atoms with Crippen LogP contribution < -0.4 is 5.32 Å². The molecular formula is C20H29N3O2. The molecule has 3 aliphatic rings. The standard InChI is InChI=1S/C20H29N3O2/c1-15-3-2-9-21-18(15)14-23-10-7-20(8-11-23)13-17(6-12-25-20)22-19(24)16-4-5-16/h2-3,9,16-17H,4-8,10-14H2,1H3,(H,22,24)/t17-/m0/s1. The van der Waals surface area contributed by atoms with E-state index in [2.05, 4.69) is 28.2 Å². The number of amides is 1. The summed E-state index contributed by atoms with van der Waals surface area (Å²) in [7, 11) is 0. The molecule has 3 fully saturated rings. The van der Waals surface area contributed by atoms with Crippen LogP contribution in [0.5, 0.6) is 0 Å². The molecule has 25 heavy (non-hydrogen) atoms. The lowest BCUT2D eigenvalue weighted by atomic mass is 9.82. The zero-order valence-corrected chi connectivity index (χ0v) is 15.2. The lowest BCUT2D eigenvalue weighted by Gasteiger charge is -2.46. The summed E-state index contributed by atoms with van der Waals surface area (Å²) in [5, 5.41) is 3.27. The van der Waals surface area contributed by atoms with E-state index in [-0.39, 0.29) is 11.5 Å². The predicted octanol–water partition coefficient (Wildman–Crippen LogP) is 2.43. The van der Waals surface area contributed by atoms with Crippen LogP contribution in [-0.4, -0.2) is 47.1 Å². The van der Waals surface area contributed by atoms with Gasteiger partial charge in [0.05, 0.1) is 11.3 Å². The summed E-state index contributed by atoms with van der Waals surface area (Å²) in [4.78, 5) is 19.1. The molecule has 5 nitrogen and oxygen atoms in total. The summed E-state index contributed by atoms with van der Waals surface area (Å²) in [5.74, 6) is 0.562. The van der Waals surface area contributed by atoms with Gasteiger partial charge >= 0.3 is 0 Å². The molecule has 3 heterocycles. The zero-order chi connectivity index (χ0) is 17.3. The van der Waals surface area contributed by atoms with Gasteiger partial charge in [-0.25, -0.2) is 0 Å². The Labute approximate surface area is 150 Å². The third kappa shape index (κ3) is 4.04. The number of rotatable bonds is 4. The smallest absolute Gasteiger partial charge is 0.223 e. The van der Waals surface area contributed by atoms with Gasteiger partial charge in [-0.2, -0.15) is 0 Å². The van der Waals surface area contributed by atoms with Crippen LogP contribution in [0, 0.1) is 12.8 Å². The van der Waals surface area contributed by atoms with Gasteiger partial charge in [-0.15, -0.1) is 0 Å². The second-order valence-electron chi connectivity index (χ2n) is 8.05. The maximum atomic E-state index is 12.1. The number of hydrogen-bond donors (Lipinski definition) is 1. The topological polar surface area (TPSA) is 54.5 Å². The first kappa shape index (κ1) is 17.0. The summed E-state index contributed by atoms with van der Waals surface area (Å²) in [6.07, 6.45) is 8.05. The Bertz CT molecular complexity index is 621. The molecule has 2 aliphatic heterocycles. The van der Waals surface area contributed by atoms with Crippen molar-refractivity contribution in [3.8, 4) is 0 Å². The summed E-state index contributed by atoms with van der Waals surface area (Å²) >= 11 is 0. The van der Waals surface area contributed by atoms with Crippen LogP contribution in [0.2, 0.25) is 0 Å². The van der Waals surface area contributed by atoms with Crippen LogP contribution in [0.1, 0.15) is 49.8 Å². The maximum absolute atomic E-state index is 12.1. The van der Waals surface area contributed by atoms with Gasteiger partial charge in [-0.3, -0.25) is 14.7 Å². The van der Waals surface area contributed by atoms with Crippen molar-refractivity contribution in [3.05, 3.63) is 29.6 Å². The molecule has 1 aromatic rings. The van der Waals surface area contributed by atoms with Crippen molar-refractivity contribution in [2.24, 2.45) is 5.92 Å². The summed E-state index contributed by atoms with van der Waals surface area (Å²) < 4.78 is 6.22. The molecule has 1 aromatic heterocycles. The van der Waals surface area contributed by atoms with Gasteiger partial charge in [-0.1, -0.05) is 6.07 Å². The fourth-order valence-electron chi connectivity index (χ4n) is 4.18. The second kappa shape index (κ2) is 7.04. The molecule has 136 valence electrons. The Morgan fingerprint density at radius 2 is 2.16 bits per heavy atom. The Morgan fingerprint density at radius 3 is 2.88 bits per heavy atom. The Balaban J connectivity index is 1.30. The summed E-state index contributed by atoms with van der Waals surface area (Å²) in [6.45, 7) is 5.91. The average Bonchev–Trinajstić information content (AvgIpc) is 3.44. The van der Waals surface area contributed by atoms with Gasteiger partial charge < -0.3 is 10.1 Å². The SMILES string of the molecule is Cc1cccnc1CN1CCC2(CC1)C[C@@H](NC(=O)C1CC1)CCO2. The molecule has 4 rings (SSSR count). The van der Waals surface area contributed by atoms with Crippen LogP contribution in [0.25, 0.3) is 0 Å².